The Morgan fingerprint density at radius 1 is 1.03 bits per heavy atom. The first-order valence-electron chi connectivity index (χ1n) is 11.4. The highest BCUT2D eigenvalue weighted by molar-refractivity contribution is 5.95. The van der Waals surface area contributed by atoms with Crippen LogP contribution in [-0.2, 0) is 17.7 Å². The molecule has 0 saturated carbocycles. The van der Waals surface area contributed by atoms with E-state index in [-0.39, 0.29) is 11.8 Å². The number of aromatic nitrogens is 3. The number of amides is 1. The number of hydrogen-bond acceptors (Lipinski definition) is 4. The number of hydrogen-bond donors (Lipinski definition) is 0. The minimum Gasteiger partial charge on any atom is -0.379 e. The summed E-state index contributed by atoms with van der Waals surface area (Å²) in [5, 5.41) is 1.17. The third-order valence-electron chi connectivity index (χ3n) is 6.38. The Hall–Kier alpha value is -3.51. The van der Waals surface area contributed by atoms with Gasteiger partial charge in [0, 0.05) is 55.1 Å². The molecule has 5 rings (SSSR count). The smallest absolute Gasteiger partial charge is 0.254 e. The molecule has 168 valence electrons. The van der Waals surface area contributed by atoms with E-state index in [1.807, 2.05) is 60.6 Å². The summed E-state index contributed by atoms with van der Waals surface area (Å²) in [6, 6.07) is 18.2. The lowest BCUT2D eigenvalue weighted by atomic mass is 9.96. The number of rotatable bonds is 5. The normalized spacial score (nSPS) is 16.6. The lowest BCUT2D eigenvalue weighted by Gasteiger charge is -2.25. The first kappa shape index (κ1) is 21.3. The van der Waals surface area contributed by atoms with Crippen LogP contribution in [0.1, 0.15) is 27.3 Å². The number of nitrogens with zero attached hydrogens (tertiary/aromatic N) is 4. The third-order valence-corrected chi connectivity index (χ3v) is 6.38. The van der Waals surface area contributed by atoms with E-state index in [1.54, 1.807) is 6.20 Å². The van der Waals surface area contributed by atoms with E-state index in [0.29, 0.717) is 32.8 Å². The molecule has 1 aliphatic rings. The van der Waals surface area contributed by atoms with E-state index < -0.39 is 0 Å². The lowest BCUT2D eigenvalue weighted by molar-refractivity contribution is 0.0736. The zero-order valence-corrected chi connectivity index (χ0v) is 18.9. The highest BCUT2D eigenvalue weighted by atomic mass is 16.5. The molecule has 2 aromatic heterocycles. The van der Waals surface area contributed by atoms with Crippen LogP contribution in [-0.4, -0.2) is 51.6 Å². The zero-order chi connectivity index (χ0) is 22.6. The molecule has 2 aromatic carbocycles. The van der Waals surface area contributed by atoms with Gasteiger partial charge in [-0.25, -0.2) is 4.98 Å². The van der Waals surface area contributed by atoms with Crippen molar-refractivity contribution in [1.82, 2.24) is 19.4 Å². The van der Waals surface area contributed by atoms with Crippen molar-refractivity contribution in [1.29, 1.82) is 0 Å². The summed E-state index contributed by atoms with van der Waals surface area (Å²) in [5.41, 5.74) is 4.01. The fraction of sp³-hybridized carbons (Fsp3) is 0.296. The maximum Gasteiger partial charge on any atom is 0.254 e. The minimum absolute atomic E-state index is 0.0680. The first-order chi connectivity index (χ1) is 16.2. The number of ether oxygens (including phenoxy) is 1. The summed E-state index contributed by atoms with van der Waals surface area (Å²) in [6.07, 6.45) is 6.41. The Kier molecular flexibility index (Phi) is 6.17. The van der Waals surface area contributed by atoms with Crippen LogP contribution < -0.4 is 0 Å². The molecule has 1 amide bonds. The second kappa shape index (κ2) is 9.55. The van der Waals surface area contributed by atoms with Gasteiger partial charge in [-0.2, -0.15) is 0 Å². The van der Waals surface area contributed by atoms with Gasteiger partial charge in [-0.3, -0.25) is 9.78 Å². The van der Waals surface area contributed by atoms with Gasteiger partial charge in [0.15, 0.2) is 0 Å². The highest BCUT2D eigenvalue weighted by Gasteiger charge is 2.25. The van der Waals surface area contributed by atoms with Crippen molar-refractivity contribution in [2.24, 2.45) is 5.92 Å². The summed E-state index contributed by atoms with van der Waals surface area (Å²) in [4.78, 5) is 24.4. The maximum atomic E-state index is 13.6. The number of carbonyl (C=O) groups excluding carboxylic acids is 1. The summed E-state index contributed by atoms with van der Waals surface area (Å²) in [7, 11) is 0. The molecular weight excluding hydrogens is 412 g/mol. The first-order valence-corrected chi connectivity index (χ1v) is 11.4. The van der Waals surface area contributed by atoms with Gasteiger partial charge in [-0.15, -0.1) is 0 Å². The summed E-state index contributed by atoms with van der Waals surface area (Å²) < 4.78 is 7.98. The van der Waals surface area contributed by atoms with Crippen molar-refractivity contribution in [2.75, 3.05) is 26.3 Å². The van der Waals surface area contributed by atoms with E-state index in [9.17, 15) is 4.79 Å². The molecule has 0 N–H and O–H groups in total. The lowest BCUT2D eigenvalue weighted by Crippen LogP contribution is -2.37. The Balaban J connectivity index is 1.36. The average Bonchev–Trinajstić information content (AvgIpc) is 3.10. The quantitative estimate of drug-likeness (QED) is 0.468. The molecule has 33 heavy (non-hydrogen) atoms. The van der Waals surface area contributed by atoms with E-state index in [4.69, 9.17) is 4.74 Å². The van der Waals surface area contributed by atoms with Crippen molar-refractivity contribution >= 4 is 16.8 Å². The van der Waals surface area contributed by atoms with Gasteiger partial charge in [0.1, 0.15) is 5.82 Å². The Labute approximate surface area is 193 Å². The van der Waals surface area contributed by atoms with E-state index >= 15 is 0 Å². The van der Waals surface area contributed by atoms with E-state index in [1.165, 1.54) is 10.9 Å². The van der Waals surface area contributed by atoms with E-state index in [2.05, 4.69) is 32.7 Å². The Morgan fingerprint density at radius 2 is 1.91 bits per heavy atom. The van der Waals surface area contributed by atoms with Gasteiger partial charge in [0.05, 0.1) is 18.7 Å². The fourth-order valence-electron chi connectivity index (χ4n) is 4.64. The molecule has 1 aliphatic heterocycles. The van der Waals surface area contributed by atoms with Crippen molar-refractivity contribution in [3.05, 3.63) is 95.7 Å². The fourth-order valence-corrected chi connectivity index (χ4v) is 4.64. The van der Waals surface area contributed by atoms with Crippen LogP contribution in [0, 0.1) is 12.8 Å². The molecule has 1 atom stereocenters. The highest BCUT2D eigenvalue weighted by Crippen LogP contribution is 2.23. The van der Waals surface area contributed by atoms with Crippen LogP contribution in [0.4, 0.5) is 0 Å². The summed E-state index contributed by atoms with van der Waals surface area (Å²) >= 11 is 0. The molecule has 0 unspecified atom stereocenters. The third kappa shape index (κ3) is 4.66. The summed E-state index contributed by atoms with van der Waals surface area (Å²) in [6.45, 7) is 5.09. The van der Waals surface area contributed by atoms with Crippen molar-refractivity contribution in [3.63, 3.8) is 0 Å². The number of aryl methyl sites for hydroxylation is 1. The zero-order valence-electron chi connectivity index (χ0n) is 18.9. The second-order valence-electron chi connectivity index (χ2n) is 8.64. The van der Waals surface area contributed by atoms with Crippen LogP contribution in [0.15, 0.2) is 73.2 Å². The Bertz CT molecular complexity index is 1260. The molecular formula is C27H28N4O2. The summed E-state index contributed by atoms with van der Waals surface area (Å²) in [5.74, 6) is 1.23. The predicted octanol–water partition coefficient (Wildman–Crippen LogP) is 4.12. The van der Waals surface area contributed by atoms with Crippen molar-refractivity contribution in [2.45, 2.75) is 19.9 Å². The van der Waals surface area contributed by atoms with Gasteiger partial charge in [-0.05, 0) is 42.7 Å². The number of pyridine rings is 1. The molecule has 6 heteroatoms. The Morgan fingerprint density at radius 3 is 2.79 bits per heavy atom. The van der Waals surface area contributed by atoms with Gasteiger partial charge in [-0.1, -0.05) is 36.4 Å². The molecule has 4 aromatic rings. The average molecular weight is 441 g/mol. The van der Waals surface area contributed by atoms with Crippen LogP contribution in [0.25, 0.3) is 10.9 Å². The van der Waals surface area contributed by atoms with Crippen molar-refractivity contribution in [3.8, 4) is 0 Å². The van der Waals surface area contributed by atoms with Crippen LogP contribution in [0.3, 0.4) is 0 Å². The number of imidazole rings is 1. The number of fused-ring (bicyclic) bond motifs is 1. The van der Waals surface area contributed by atoms with E-state index in [0.717, 1.165) is 28.9 Å². The van der Waals surface area contributed by atoms with Crippen molar-refractivity contribution < 1.29 is 9.53 Å². The molecule has 0 spiro atoms. The molecule has 3 heterocycles. The van der Waals surface area contributed by atoms with Gasteiger partial charge in [0.2, 0.25) is 0 Å². The topological polar surface area (TPSA) is 60.2 Å². The minimum atomic E-state index is 0.0680. The molecule has 1 saturated heterocycles. The molecule has 6 nitrogen and oxygen atoms in total. The van der Waals surface area contributed by atoms with Gasteiger partial charge >= 0.3 is 0 Å². The molecule has 1 fully saturated rings. The van der Waals surface area contributed by atoms with Gasteiger partial charge < -0.3 is 14.2 Å². The second-order valence-corrected chi connectivity index (χ2v) is 8.64. The maximum absolute atomic E-state index is 13.6. The van der Waals surface area contributed by atoms with Crippen LogP contribution in [0.5, 0.6) is 0 Å². The monoisotopic (exact) mass is 440 g/mol. The van der Waals surface area contributed by atoms with Gasteiger partial charge in [0.25, 0.3) is 5.91 Å². The predicted molar refractivity (Wildman–Crippen MR) is 128 cm³/mol. The number of carbonyl (C=O) groups is 1. The molecule has 0 radical (unpaired) electrons. The molecule has 0 bridgehead atoms. The molecule has 0 aliphatic carbocycles. The SMILES string of the molecule is Cc1nccn1Cc1ccccc1C(=O)N1CCOC[C@H](Cc2cccc3ncccc23)C1. The standard InChI is InChI=1S/C27H28N4O2/c1-20-28-12-13-30(20)18-23-6-2-3-8-25(23)27(32)31-14-15-33-19-21(17-31)16-22-7-4-10-26-24(22)9-5-11-29-26/h2-13,21H,14-19H2,1H3/t21-/m1/s1. The number of benzene rings is 2. The van der Waals surface area contributed by atoms with Crippen LogP contribution in [0.2, 0.25) is 0 Å². The van der Waals surface area contributed by atoms with Crippen LogP contribution >= 0.6 is 0 Å². The largest absolute Gasteiger partial charge is 0.379 e.